The first-order chi connectivity index (χ1) is 11.7. The van der Waals surface area contributed by atoms with Crippen LogP contribution in [0.25, 0.3) is 11.1 Å². The highest BCUT2D eigenvalue weighted by Crippen LogP contribution is 2.30. The van der Waals surface area contributed by atoms with Crippen LogP contribution >= 0.6 is 11.3 Å². The van der Waals surface area contributed by atoms with E-state index in [0.717, 1.165) is 11.1 Å². The van der Waals surface area contributed by atoms with Gasteiger partial charge in [-0.25, -0.2) is 9.37 Å². The molecule has 1 aromatic heterocycles. The van der Waals surface area contributed by atoms with Gasteiger partial charge in [0.15, 0.2) is 0 Å². The second kappa shape index (κ2) is 7.10. The second-order valence-corrected chi connectivity index (χ2v) is 5.77. The van der Waals surface area contributed by atoms with Crippen LogP contribution in [-0.2, 0) is 0 Å². The number of aromatic nitrogens is 1. The number of nitrogens with one attached hydrogen (secondary N) is 1. The van der Waals surface area contributed by atoms with E-state index in [9.17, 15) is 4.39 Å². The number of hydrazone groups is 1. The summed E-state index contributed by atoms with van der Waals surface area (Å²) in [6.07, 6.45) is 1.67. The molecule has 0 saturated carbocycles. The van der Waals surface area contributed by atoms with E-state index < -0.39 is 0 Å². The molecule has 0 aliphatic carbocycles. The average Bonchev–Trinajstić information content (AvgIpc) is 3.01. The molecule has 0 aliphatic heterocycles. The van der Waals surface area contributed by atoms with Gasteiger partial charge in [-0.05, 0) is 29.3 Å². The van der Waals surface area contributed by atoms with E-state index >= 15 is 0 Å². The Morgan fingerprint density at radius 1 is 1.25 bits per heavy atom. The first kappa shape index (κ1) is 15.9. The molecule has 0 aliphatic rings. The van der Waals surface area contributed by atoms with E-state index in [1.54, 1.807) is 24.8 Å². The molecule has 0 spiro atoms. The Balaban J connectivity index is 1.75. The fourth-order valence-electron chi connectivity index (χ4n) is 2.15. The molecule has 0 atom stereocenters. The third-order valence-corrected chi connectivity index (χ3v) is 4.04. The highest BCUT2D eigenvalue weighted by molar-refractivity contribution is 7.14. The van der Waals surface area contributed by atoms with Crippen LogP contribution in [0.3, 0.4) is 0 Å². The van der Waals surface area contributed by atoms with Gasteiger partial charge in [-0.1, -0.05) is 24.3 Å². The molecular weight excluding hydrogens is 327 g/mol. The summed E-state index contributed by atoms with van der Waals surface area (Å²) in [6.45, 7) is 0. The maximum absolute atomic E-state index is 13.5. The molecule has 0 fully saturated rings. The number of methoxy groups -OCH3 is 1. The number of ether oxygens (including phenoxy) is 1. The fraction of sp³-hybridized carbons (Fsp3) is 0.0588. The van der Waals surface area contributed by atoms with E-state index in [4.69, 9.17) is 10.5 Å². The first-order valence-electron chi connectivity index (χ1n) is 7.10. The third kappa shape index (κ3) is 3.69. The van der Waals surface area contributed by atoms with Crippen molar-refractivity contribution in [3.8, 4) is 16.9 Å². The summed E-state index contributed by atoms with van der Waals surface area (Å²) in [5.74, 6) is 0.787. The number of thiazole rings is 1. The number of hydrogen-bond acceptors (Lipinski definition) is 6. The number of nitrogens with zero attached hydrogens (tertiary/aromatic N) is 2. The lowest BCUT2D eigenvalue weighted by Gasteiger charge is -2.09. The van der Waals surface area contributed by atoms with Gasteiger partial charge in [-0.3, -0.25) is 5.43 Å². The minimum Gasteiger partial charge on any atom is -0.496 e. The Labute approximate surface area is 142 Å². The van der Waals surface area contributed by atoms with Crippen LogP contribution < -0.4 is 15.9 Å². The molecule has 0 bridgehead atoms. The lowest BCUT2D eigenvalue weighted by atomic mass is 10.0. The lowest BCUT2D eigenvalue weighted by Crippen LogP contribution is -1.92. The Morgan fingerprint density at radius 3 is 2.71 bits per heavy atom. The third-order valence-electron chi connectivity index (χ3n) is 3.28. The van der Waals surface area contributed by atoms with Gasteiger partial charge in [-0.2, -0.15) is 5.10 Å². The zero-order valence-corrected chi connectivity index (χ0v) is 13.7. The highest BCUT2D eigenvalue weighted by atomic mass is 32.1. The summed E-state index contributed by atoms with van der Waals surface area (Å²) in [4.78, 5) is 4.05. The zero-order valence-electron chi connectivity index (χ0n) is 12.9. The van der Waals surface area contributed by atoms with Gasteiger partial charge in [0.1, 0.15) is 17.4 Å². The number of rotatable bonds is 5. The van der Waals surface area contributed by atoms with Crippen molar-refractivity contribution in [2.75, 3.05) is 18.3 Å². The van der Waals surface area contributed by atoms with Gasteiger partial charge >= 0.3 is 0 Å². The predicted molar refractivity (Wildman–Crippen MR) is 96.1 cm³/mol. The van der Waals surface area contributed by atoms with Crippen LogP contribution in [0.4, 0.5) is 15.3 Å². The summed E-state index contributed by atoms with van der Waals surface area (Å²) in [5, 5.41) is 6.47. The highest BCUT2D eigenvalue weighted by Gasteiger charge is 2.07. The van der Waals surface area contributed by atoms with E-state index in [1.165, 1.54) is 23.5 Å². The maximum Gasteiger partial charge on any atom is 0.205 e. The molecule has 122 valence electrons. The van der Waals surface area contributed by atoms with Crippen molar-refractivity contribution < 1.29 is 9.13 Å². The number of nitrogens with two attached hydrogens (primary N) is 1. The summed E-state index contributed by atoms with van der Waals surface area (Å²) in [5.41, 5.74) is 10.8. The van der Waals surface area contributed by atoms with Gasteiger partial charge in [0.25, 0.3) is 0 Å². The van der Waals surface area contributed by atoms with Crippen LogP contribution in [0, 0.1) is 5.82 Å². The van der Waals surface area contributed by atoms with E-state index in [2.05, 4.69) is 15.5 Å². The minimum absolute atomic E-state index is 0.302. The summed E-state index contributed by atoms with van der Waals surface area (Å²) < 4.78 is 18.8. The zero-order chi connectivity index (χ0) is 16.9. The molecule has 3 aromatic rings. The van der Waals surface area contributed by atoms with Gasteiger partial charge in [0.05, 0.1) is 13.3 Å². The Hall–Kier alpha value is -2.93. The topological polar surface area (TPSA) is 72.5 Å². The van der Waals surface area contributed by atoms with Crippen LogP contribution in [0.5, 0.6) is 5.75 Å². The SMILES string of the molecule is COc1ccc(F)cc1-c1ccc(C=NNc2nc(N)cs2)cc1. The van der Waals surface area contributed by atoms with Crippen LogP contribution in [-0.4, -0.2) is 18.3 Å². The molecular formula is C17H15FN4OS. The van der Waals surface area contributed by atoms with E-state index in [1.807, 2.05) is 24.3 Å². The van der Waals surface area contributed by atoms with Gasteiger partial charge in [0, 0.05) is 10.9 Å². The molecule has 0 unspecified atom stereocenters. The van der Waals surface area contributed by atoms with Crippen molar-refractivity contribution in [1.82, 2.24) is 4.98 Å². The molecule has 24 heavy (non-hydrogen) atoms. The number of benzene rings is 2. The summed E-state index contributed by atoms with van der Waals surface area (Å²) >= 11 is 1.38. The van der Waals surface area contributed by atoms with Gasteiger partial charge < -0.3 is 10.5 Å². The summed E-state index contributed by atoms with van der Waals surface area (Å²) in [6, 6.07) is 12.0. The van der Waals surface area contributed by atoms with Crippen molar-refractivity contribution in [1.29, 1.82) is 0 Å². The molecule has 0 radical (unpaired) electrons. The standard InChI is InChI=1S/C17H15FN4OS/c1-23-15-7-6-13(18)8-14(15)12-4-2-11(3-5-12)9-20-22-17-21-16(19)10-24-17/h2-10H,19H2,1H3,(H,21,22). The summed E-state index contributed by atoms with van der Waals surface area (Å²) in [7, 11) is 1.56. The van der Waals surface area contributed by atoms with Crippen molar-refractivity contribution in [3.05, 3.63) is 59.2 Å². The monoisotopic (exact) mass is 342 g/mol. The fourth-order valence-corrected chi connectivity index (χ4v) is 2.70. The number of hydrogen-bond donors (Lipinski definition) is 2. The molecule has 2 aromatic carbocycles. The van der Waals surface area contributed by atoms with Gasteiger partial charge in [-0.15, -0.1) is 11.3 Å². The van der Waals surface area contributed by atoms with Crippen LogP contribution in [0.1, 0.15) is 5.56 Å². The van der Waals surface area contributed by atoms with Crippen molar-refractivity contribution in [2.45, 2.75) is 0 Å². The maximum atomic E-state index is 13.5. The van der Waals surface area contributed by atoms with E-state index in [0.29, 0.717) is 22.3 Å². The Morgan fingerprint density at radius 2 is 2.04 bits per heavy atom. The Bertz CT molecular complexity index is 861. The average molecular weight is 342 g/mol. The number of halogens is 1. The number of nitrogen functional groups attached to an aromatic ring is 1. The normalized spacial score (nSPS) is 10.9. The molecule has 0 amide bonds. The molecule has 3 rings (SSSR count). The van der Waals surface area contributed by atoms with E-state index in [-0.39, 0.29) is 5.82 Å². The largest absolute Gasteiger partial charge is 0.496 e. The van der Waals surface area contributed by atoms with Crippen molar-refractivity contribution >= 4 is 28.5 Å². The van der Waals surface area contributed by atoms with Crippen LogP contribution in [0.15, 0.2) is 52.9 Å². The van der Waals surface area contributed by atoms with Crippen molar-refractivity contribution in [2.24, 2.45) is 5.10 Å². The van der Waals surface area contributed by atoms with Crippen molar-refractivity contribution in [3.63, 3.8) is 0 Å². The molecule has 1 heterocycles. The smallest absolute Gasteiger partial charge is 0.205 e. The predicted octanol–water partition coefficient (Wildman–Crippen LogP) is 3.99. The molecule has 7 heteroatoms. The lowest BCUT2D eigenvalue weighted by molar-refractivity contribution is 0.415. The molecule has 5 nitrogen and oxygen atoms in total. The van der Waals surface area contributed by atoms with Gasteiger partial charge in [0.2, 0.25) is 5.13 Å². The molecule has 0 saturated heterocycles. The quantitative estimate of drug-likeness (QED) is 0.543. The minimum atomic E-state index is -0.302. The number of anilines is 2. The second-order valence-electron chi connectivity index (χ2n) is 4.91. The van der Waals surface area contributed by atoms with Crippen LogP contribution in [0.2, 0.25) is 0 Å². The first-order valence-corrected chi connectivity index (χ1v) is 7.98. The Kier molecular flexibility index (Phi) is 4.72. The molecule has 3 N–H and O–H groups in total.